The highest BCUT2D eigenvalue weighted by molar-refractivity contribution is 5.94. The van der Waals surface area contributed by atoms with Crippen LogP contribution in [0.25, 0.3) is 11.4 Å². The number of halogens is 1. The lowest BCUT2D eigenvalue weighted by Crippen LogP contribution is -2.33. The number of rotatable bonds is 5. The van der Waals surface area contributed by atoms with E-state index in [9.17, 15) is 14.3 Å². The van der Waals surface area contributed by atoms with Crippen LogP contribution in [0.3, 0.4) is 0 Å². The monoisotopic (exact) mass is 365 g/mol. The Kier molecular flexibility index (Phi) is 4.39. The first-order chi connectivity index (χ1) is 13.0. The van der Waals surface area contributed by atoms with Crippen molar-refractivity contribution >= 4 is 5.91 Å². The molecule has 0 spiro atoms. The number of amides is 1. The van der Waals surface area contributed by atoms with Crippen molar-refractivity contribution in [2.24, 2.45) is 0 Å². The van der Waals surface area contributed by atoms with E-state index in [1.165, 1.54) is 12.1 Å². The zero-order valence-corrected chi connectivity index (χ0v) is 14.9. The number of aromatic hydroxyl groups is 1. The SMILES string of the molecule is Cc1[nH]c(-c2ccc(F)cc2)nc1C(=O)N(Cc1cccc(O)c1)C1CC1. The minimum Gasteiger partial charge on any atom is -0.508 e. The number of H-pyrrole nitrogens is 1. The number of benzene rings is 2. The number of aryl methyl sites for hydroxylation is 1. The van der Waals surface area contributed by atoms with Crippen molar-refractivity contribution in [3.8, 4) is 17.1 Å². The van der Waals surface area contributed by atoms with Crippen LogP contribution in [0.15, 0.2) is 48.5 Å². The second kappa shape index (κ2) is 6.87. The van der Waals surface area contributed by atoms with Crippen LogP contribution < -0.4 is 0 Å². The molecule has 2 N–H and O–H groups in total. The van der Waals surface area contributed by atoms with Gasteiger partial charge in [0.25, 0.3) is 5.91 Å². The zero-order chi connectivity index (χ0) is 19.0. The Bertz CT molecular complexity index is 977. The van der Waals surface area contributed by atoms with Crippen molar-refractivity contribution < 1.29 is 14.3 Å². The number of carbonyl (C=O) groups is 1. The van der Waals surface area contributed by atoms with Gasteiger partial charge in [0.1, 0.15) is 23.1 Å². The summed E-state index contributed by atoms with van der Waals surface area (Å²) >= 11 is 0. The molecule has 5 nitrogen and oxygen atoms in total. The predicted octanol–water partition coefficient (Wildman–Crippen LogP) is 4.03. The molecule has 1 amide bonds. The van der Waals surface area contributed by atoms with Gasteiger partial charge in [-0.05, 0) is 61.7 Å². The first kappa shape index (κ1) is 17.3. The van der Waals surface area contributed by atoms with Crippen LogP contribution in [-0.2, 0) is 6.54 Å². The van der Waals surface area contributed by atoms with Crippen molar-refractivity contribution in [2.45, 2.75) is 32.4 Å². The molecule has 6 heteroatoms. The lowest BCUT2D eigenvalue weighted by atomic mass is 10.2. The van der Waals surface area contributed by atoms with Crippen LogP contribution in [0.5, 0.6) is 5.75 Å². The van der Waals surface area contributed by atoms with Gasteiger partial charge >= 0.3 is 0 Å². The minimum absolute atomic E-state index is 0.136. The van der Waals surface area contributed by atoms with Crippen LogP contribution in [0.2, 0.25) is 0 Å². The Morgan fingerprint density at radius 2 is 2.00 bits per heavy atom. The molecule has 1 aliphatic carbocycles. The fourth-order valence-electron chi connectivity index (χ4n) is 3.15. The average Bonchev–Trinajstić information content (AvgIpc) is 3.41. The lowest BCUT2D eigenvalue weighted by molar-refractivity contribution is 0.0723. The fraction of sp³-hybridized carbons (Fsp3) is 0.238. The molecule has 1 saturated carbocycles. The van der Waals surface area contributed by atoms with Gasteiger partial charge in [0.05, 0.1) is 0 Å². The fourth-order valence-corrected chi connectivity index (χ4v) is 3.15. The lowest BCUT2D eigenvalue weighted by Gasteiger charge is -2.22. The number of aromatic nitrogens is 2. The van der Waals surface area contributed by atoms with Crippen LogP contribution in [-0.4, -0.2) is 31.9 Å². The molecule has 0 atom stereocenters. The number of nitrogens with one attached hydrogen (secondary N) is 1. The Morgan fingerprint density at radius 3 is 2.67 bits per heavy atom. The summed E-state index contributed by atoms with van der Waals surface area (Å²) in [6.07, 6.45) is 1.94. The first-order valence-corrected chi connectivity index (χ1v) is 8.92. The summed E-state index contributed by atoms with van der Waals surface area (Å²) in [5, 5.41) is 9.68. The van der Waals surface area contributed by atoms with Crippen LogP contribution in [0, 0.1) is 12.7 Å². The molecule has 3 aromatic rings. The molecule has 27 heavy (non-hydrogen) atoms. The molecule has 1 aliphatic rings. The first-order valence-electron chi connectivity index (χ1n) is 8.92. The maximum absolute atomic E-state index is 13.2. The molecule has 0 bridgehead atoms. The van der Waals surface area contributed by atoms with E-state index < -0.39 is 0 Å². The maximum atomic E-state index is 13.2. The average molecular weight is 365 g/mol. The zero-order valence-electron chi connectivity index (χ0n) is 14.9. The highest BCUT2D eigenvalue weighted by atomic mass is 19.1. The third-order valence-corrected chi connectivity index (χ3v) is 4.72. The predicted molar refractivity (Wildman–Crippen MR) is 99.7 cm³/mol. The number of hydrogen-bond acceptors (Lipinski definition) is 3. The van der Waals surface area contributed by atoms with Crippen LogP contribution in [0.4, 0.5) is 4.39 Å². The van der Waals surface area contributed by atoms with E-state index in [4.69, 9.17) is 0 Å². The summed E-state index contributed by atoms with van der Waals surface area (Å²) in [6.45, 7) is 2.24. The van der Waals surface area contributed by atoms with Crippen molar-refractivity contribution in [1.29, 1.82) is 0 Å². The summed E-state index contributed by atoms with van der Waals surface area (Å²) in [6, 6.07) is 13.1. The van der Waals surface area contributed by atoms with E-state index in [2.05, 4.69) is 9.97 Å². The number of phenols is 1. The molecule has 0 aliphatic heterocycles. The number of imidazole rings is 1. The molecular weight excluding hydrogens is 345 g/mol. The highest BCUT2D eigenvalue weighted by Crippen LogP contribution is 2.31. The van der Waals surface area contributed by atoms with Gasteiger partial charge in [0.2, 0.25) is 0 Å². The van der Waals surface area contributed by atoms with Gasteiger partial charge in [0, 0.05) is 23.8 Å². The third kappa shape index (κ3) is 3.69. The molecule has 0 unspecified atom stereocenters. The summed E-state index contributed by atoms with van der Waals surface area (Å²) in [4.78, 5) is 22.6. The number of carbonyl (C=O) groups excluding carboxylic acids is 1. The Labute approximate surface area is 156 Å². The Hall–Kier alpha value is -3.15. The van der Waals surface area contributed by atoms with Crippen molar-refractivity contribution in [2.75, 3.05) is 0 Å². The molecule has 4 rings (SSSR count). The quantitative estimate of drug-likeness (QED) is 0.717. The van der Waals surface area contributed by atoms with E-state index in [1.807, 2.05) is 17.9 Å². The van der Waals surface area contributed by atoms with E-state index in [1.54, 1.807) is 30.3 Å². The largest absolute Gasteiger partial charge is 0.508 e. The standard InChI is InChI=1S/C21H20FN3O2/c1-13-19(24-20(23-13)15-5-7-16(22)8-6-15)21(27)25(17-9-10-17)12-14-3-2-4-18(26)11-14/h2-8,11,17,26H,9-10,12H2,1H3,(H,23,24). The summed E-state index contributed by atoms with van der Waals surface area (Å²) in [5.74, 6) is 0.279. The van der Waals surface area contributed by atoms with Gasteiger partial charge < -0.3 is 15.0 Å². The normalized spacial score (nSPS) is 13.6. The van der Waals surface area contributed by atoms with Gasteiger partial charge in [-0.2, -0.15) is 0 Å². The minimum atomic E-state index is -0.315. The number of aromatic amines is 1. The molecular formula is C21H20FN3O2. The van der Waals surface area contributed by atoms with Gasteiger partial charge in [0.15, 0.2) is 0 Å². The summed E-state index contributed by atoms with van der Waals surface area (Å²) in [7, 11) is 0. The third-order valence-electron chi connectivity index (χ3n) is 4.72. The molecule has 0 radical (unpaired) electrons. The smallest absolute Gasteiger partial charge is 0.274 e. The summed E-state index contributed by atoms with van der Waals surface area (Å²) in [5.41, 5.74) is 2.66. The molecule has 1 aromatic heterocycles. The van der Waals surface area contributed by atoms with Gasteiger partial charge in [-0.1, -0.05) is 12.1 Å². The molecule has 0 saturated heterocycles. The number of phenolic OH excluding ortho intramolecular Hbond substituents is 1. The van der Waals surface area contributed by atoms with E-state index in [0.717, 1.165) is 24.0 Å². The number of hydrogen-bond donors (Lipinski definition) is 2. The molecule has 2 aromatic carbocycles. The molecule has 138 valence electrons. The van der Waals surface area contributed by atoms with Gasteiger partial charge in [-0.25, -0.2) is 9.37 Å². The Balaban J connectivity index is 1.61. The van der Waals surface area contributed by atoms with Gasteiger partial charge in [-0.15, -0.1) is 0 Å². The second-order valence-corrected chi connectivity index (χ2v) is 6.90. The van der Waals surface area contributed by atoms with E-state index >= 15 is 0 Å². The van der Waals surface area contributed by atoms with E-state index in [0.29, 0.717) is 23.8 Å². The van der Waals surface area contributed by atoms with Crippen LogP contribution in [0.1, 0.15) is 34.6 Å². The number of nitrogens with zero attached hydrogens (tertiary/aromatic N) is 2. The topological polar surface area (TPSA) is 69.2 Å². The highest BCUT2D eigenvalue weighted by Gasteiger charge is 2.34. The van der Waals surface area contributed by atoms with Crippen molar-refractivity contribution in [1.82, 2.24) is 14.9 Å². The molecule has 1 heterocycles. The Morgan fingerprint density at radius 1 is 1.26 bits per heavy atom. The van der Waals surface area contributed by atoms with Crippen molar-refractivity contribution in [3.05, 3.63) is 71.3 Å². The van der Waals surface area contributed by atoms with Crippen molar-refractivity contribution in [3.63, 3.8) is 0 Å². The van der Waals surface area contributed by atoms with E-state index in [-0.39, 0.29) is 23.5 Å². The van der Waals surface area contributed by atoms with Crippen LogP contribution >= 0.6 is 0 Å². The molecule has 1 fully saturated rings. The maximum Gasteiger partial charge on any atom is 0.274 e. The second-order valence-electron chi connectivity index (χ2n) is 6.90. The summed E-state index contributed by atoms with van der Waals surface area (Å²) < 4.78 is 13.1. The van der Waals surface area contributed by atoms with Gasteiger partial charge in [-0.3, -0.25) is 4.79 Å².